The van der Waals surface area contributed by atoms with E-state index < -0.39 is 0 Å². The molecule has 3 rings (SSSR count). The number of hydrogen-bond acceptors (Lipinski definition) is 4. The standard InChI is InChI=1S/C17H17N3O2/c21-9-5-4-8-14-10-18-16-15(14)17(20-12-19-16)22-11-13-6-2-1-3-7-13/h1-7,10,12,21H,8-9,11H2,(H,18,19,20)/b5-4+. The Kier molecular flexibility index (Phi) is 4.46. The Balaban J connectivity index is 1.85. The van der Waals surface area contributed by atoms with Crippen molar-refractivity contribution in [3.8, 4) is 5.88 Å². The van der Waals surface area contributed by atoms with Crippen LogP contribution < -0.4 is 4.74 Å². The van der Waals surface area contributed by atoms with E-state index in [0.717, 1.165) is 22.2 Å². The van der Waals surface area contributed by atoms with E-state index in [1.807, 2.05) is 42.6 Å². The molecule has 0 aliphatic heterocycles. The van der Waals surface area contributed by atoms with Gasteiger partial charge in [-0.05, 0) is 17.5 Å². The number of fused-ring (bicyclic) bond motifs is 1. The summed E-state index contributed by atoms with van der Waals surface area (Å²) in [4.78, 5) is 11.6. The summed E-state index contributed by atoms with van der Waals surface area (Å²) in [5, 5.41) is 9.72. The molecular formula is C17H17N3O2. The van der Waals surface area contributed by atoms with Crippen LogP contribution in [0.15, 0.2) is 55.0 Å². The van der Waals surface area contributed by atoms with E-state index in [1.165, 1.54) is 6.33 Å². The molecule has 0 spiro atoms. The first-order valence-electron chi connectivity index (χ1n) is 7.12. The van der Waals surface area contributed by atoms with Gasteiger partial charge in [-0.2, -0.15) is 0 Å². The first-order valence-corrected chi connectivity index (χ1v) is 7.12. The second kappa shape index (κ2) is 6.87. The maximum absolute atomic E-state index is 8.83. The van der Waals surface area contributed by atoms with E-state index >= 15 is 0 Å². The summed E-state index contributed by atoms with van der Waals surface area (Å²) in [5.41, 5.74) is 2.89. The van der Waals surface area contributed by atoms with Gasteiger partial charge in [0.15, 0.2) is 0 Å². The zero-order valence-corrected chi connectivity index (χ0v) is 12.1. The molecule has 5 heteroatoms. The summed E-state index contributed by atoms with van der Waals surface area (Å²) in [7, 11) is 0. The van der Waals surface area contributed by atoms with Crippen molar-refractivity contribution in [3.05, 3.63) is 66.1 Å². The number of rotatable bonds is 6. The van der Waals surface area contributed by atoms with Crippen LogP contribution in [0.4, 0.5) is 0 Å². The fourth-order valence-electron chi connectivity index (χ4n) is 2.28. The fraction of sp³-hybridized carbons (Fsp3) is 0.176. The Bertz CT molecular complexity index is 766. The predicted molar refractivity (Wildman–Crippen MR) is 84.6 cm³/mol. The molecule has 0 amide bonds. The van der Waals surface area contributed by atoms with Crippen molar-refractivity contribution in [1.29, 1.82) is 0 Å². The maximum atomic E-state index is 8.83. The molecule has 2 N–H and O–H groups in total. The molecule has 0 fully saturated rings. The van der Waals surface area contributed by atoms with E-state index in [-0.39, 0.29) is 6.61 Å². The van der Waals surface area contributed by atoms with Gasteiger partial charge in [0.25, 0.3) is 0 Å². The Morgan fingerprint density at radius 1 is 1.14 bits per heavy atom. The van der Waals surface area contributed by atoms with Crippen molar-refractivity contribution in [2.45, 2.75) is 13.0 Å². The Labute approximate surface area is 128 Å². The number of nitrogens with zero attached hydrogens (tertiary/aromatic N) is 2. The van der Waals surface area contributed by atoms with Crippen LogP contribution in [0.5, 0.6) is 5.88 Å². The SMILES string of the molecule is OC/C=C/Cc1c[nH]c2ncnc(OCc3ccccc3)c12. The molecule has 0 radical (unpaired) electrons. The molecule has 1 aromatic carbocycles. The molecule has 2 aromatic heterocycles. The molecule has 0 bridgehead atoms. The highest BCUT2D eigenvalue weighted by Gasteiger charge is 2.11. The lowest BCUT2D eigenvalue weighted by atomic mass is 10.1. The molecule has 3 aromatic rings. The van der Waals surface area contributed by atoms with E-state index in [1.54, 1.807) is 6.08 Å². The third kappa shape index (κ3) is 3.15. The Hall–Kier alpha value is -2.66. The number of allylic oxidation sites excluding steroid dienone is 1. The lowest BCUT2D eigenvalue weighted by Crippen LogP contribution is -1.98. The van der Waals surface area contributed by atoms with Crippen LogP contribution in [-0.2, 0) is 13.0 Å². The number of aliphatic hydroxyl groups is 1. The zero-order chi connectivity index (χ0) is 15.2. The minimum atomic E-state index is 0.0379. The molecule has 0 saturated carbocycles. The van der Waals surface area contributed by atoms with Crippen LogP contribution >= 0.6 is 0 Å². The summed E-state index contributed by atoms with van der Waals surface area (Å²) < 4.78 is 5.87. The Morgan fingerprint density at radius 2 is 2.00 bits per heavy atom. The quantitative estimate of drug-likeness (QED) is 0.686. The molecule has 112 valence electrons. The smallest absolute Gasteiger partial charge is 0.226 e. The van der Waals surface area contributed by atoms with Crippen molar-refractivity contribution in [2.75, 3.05) is 6.61 Å². The second-order valence-electron chi connectivity index (χ2n) is 4.85. The highest BCUT2D eigenvalue weighted by Crippen LogP contribution is 2.26. The van der Waals surface area contributed by atoms with E-state index in [4.69, 9.17) is 9.84 Å². The highest BCUT2D eigenvalue weighted by atomic mass is 16.5. The third-order valence-electron chi connectivity index (χ3n) is 3.34. The van der Waals surface area contributed by atoms with E-state index in [2.05, 4.69) is 15.0 Å². The number of aliphatic hydroxyl groups excluding tert-OH is 1. The maximum Gasteiger partial charge on any atom is 0.226 e. The average Bonchev–Trinajstić information content (AvgIpc) is 2.98. The molecule has 0 aliphatic rings. The molecule has 0 aliphatic carbocycles. The monoisotopic (exact) mass is 295 g/mol. The van der Waals surface area contributed by atoms with Crippen molar-refractivity contribution in [3.63, 3.8) is 0 Å². The van der Waals surface area contributed by atoms with Crippen LogP contribution in [0.3, 0.4) is 0 Å². The van der Waals surface area contributed by atoms with E-state index in [9.17, 15) is 0 Å². The van der Waals surface area contributed by atoms with Gasteiger partial charge in [0.1, 0.15) is 18.6 Å². The number of aromatic nitrogens is 3. The highest BCUT2D eigenvalue weighted by molar-refractivity contribution is 5.84. The Morgan fingerprint density at radius 3 is 2.82 bits per heavy atom. The summed E-state index contributed by atoms with van der Waals surface area (Å²) in [6, 6.07) is 9.97. The van der Waals surface area contributed by atoms with Gasteiger partial charge in [-0.25, -0.2) is 9.97 Å². The van der Waals surface area contributed by atoms with Gasteiger partial charge in [0, 0.05) is 6.20 Å². The summed E-state index contributed by atoms with van der Waals surface area (Å²) >= 11 is 0. The average molecular weight is 295 g/mol. The molecule has 22 heavy (non-hydrogen) atoms. The van der Waals surface area contributed by atoms with Crippen molar-refractivity contribution < 1.29 is 9.84 Å². The minimum absolute atomic E-state index is 0.0379. The van der Waals surface area contributed by atoms with Gasteiger partial charge in [0.2, 0.25) is 5.88 Å². The number of benzene rings is 1. The second-order valence-corrected chi connectivity index (χ2v) is 4.85. The van der Waals surface area contributed by atoms with Gasteiger partial charge in [0.05, 0.1) is 12.0 Å². The van der Waals surface area contributed by atoms with Gasteiger partial charge in [-0.15, -0.1) is 0 Å². The predicted octanol–water partition coefficient (Wildman–Crippen LogP) is 2.63. The summed E-state index contributed by atoms with van der Waals surface area (Å²) in [5.74, 6) is 0.572. The summed E-state index contributed by atoms with van der Waals surface area (Å²) in [6.45, 7) is 0.500. The molecule has 0 atom stereocenters. The number of ether oxygens (including phenoxy) is 1. The van der Waals surface area contributed by atoms with Crippen molar-refractivity contribution in [2.24, 2.45) is 0 Å². The third-order valence-corrected chi connectivity index (χ3v) is 3.34. The number of aromatic amines is 1. The van der Waals surface area contributed by atoms with Crippen LogP contribution in [0, 0.1) is 0 Å². The largest absolute Gasteiger partial charge is 0.472 e. The van der Waals surface area contributed by atoms with Crippen LogP contribution in [0.25, 0.3) is 11.0 Å². The van der Waals surface area contributed by atoms with Crippen molar-refractivity contribution >= 4 is 11.0 Å². The van der Waals surface area contributed by atoms with Crippen LogP contribution in [0.2, 0.25) is 0 Å². The first kappa shape index (κ1) is 14.3. The van der Waals surface area contributed by atoms with Crippen LogP contribution in [0.1, 0.15) is 11.1 Å². The van der Waals surface area contributed by atoms with Gasteiger partial charge < -0.3 is 14.8 Å². The molecular weight excluding hydrogens is 278 g/mol. The molecule has 0 saturated heterocycles. The molecule has 2 heterocycles. The zero-order valence-electron chi connectivity index (χ0n) is 12.1. The van der Waals surface area contributed by atoms with Gasteiger partial charge in [-0.1, -0.05) is 42.5 Å². The van der Waals surface area contributed by atoms with Gasteiger partial charge in [-0.3, -0.25) is 0 Å². The minimum Gasteiger partial charge on any atom is -0.472 e. The normalized spacial score (nSPS) is 11.3. The number of hydrogen-bond donors (Lipinski definition) is 2. The lowest BCUT2D eigenvalue weighted by molar-refractivity contribution is 0.297. The van der Waals surface area contributed by atoms with Crippen molar-refractivity contribution in [1.82, 2.24) is 15.0 Å². The molecule has 0 unspecified atom stereocenters. The van der Waals surface area contributed by atoms with Gasteiger partial charge >= 0.3 is 0 Å². The van der Waals surface area contributed by atoms with Crippen LogP contribution in [-0.4, -0.2) is 26.7 Å². The topological polar surface area (TPSA) is 71.0 Å². The fourth-order valence-corrected chi connectivity index (χ4v) is 2.28. The van der Waals surface area contributed by atoms with E-state index in [0.29, 0.717) is 18.9 Å². The number of nitrogens with one attached hydrogen (secondary N) is 1. The summed E-state index contributed by atoms with van der Waals surface area (Å²) in [6.07, 6.45) is 7.71. The first-order chi connectivity index (χ1) is 10.9. The lowest BCUT2D eigenvalue weighted by Gasteiger charge is -2.07. The number of H-pyrrole nitrogens is 1. The molecule has 5 nitrogen and oxygen atoms in total.